The van der Waals surface area contributed by atoms with Gasteiger partial charge in [-0.25, -0.2) is 0 Å². The maximum atomic E-state index is 13.0. The Morgan fingerprint density at radius 1 is 1.27 bits per heavy atom. The number of ether oxygens (including phenoxy) is 2. The Bertz CT molecular complexity index is 620. The first-order valence-corrected chi connectivity index (χ1v) is 6.38. The van der Waals surface area contributed by atoms with Crippen molar-refractivity contribution in [2.45, 2.75) is 6.42 Å². The molecule has 0 radical (unpaired) electrons. The van der Waals surface area contributed by atoms with Crippen LogP contribution in [0.25, 0.3) is 0 Å². The second-order valence-electron chi connectivity index (χ2n) is 4.60. The van der Waals surface area contributed by atoms with E-state index in [1.807, 2.05) is 0 Å². The minimum absolute atomic E-state index is 0. The predicted molar refractivity (Wildman–Crippen MR) is 74.1 cm³/mol. The van der Waals surface area contributed by atoms with Crippen LogP contribution in [0, 0.1) is 0 Å². The summed E-state index contributed by atoms with van der Waals surface area (Å²) in [5, 5.41) is 3.99. The molecule has 0 aliphatic rings. The Balaban J connectivity index is 0.00000242. The fourth-order valence-electron chi connectivity index (χ4n) is 1.92. The quantitative estimate of drug-likeness (QED) is 0.641. The molecule has 1 aromatic heterocycles. The monoisotopic (exact) mass is 338 g/mol. The normalized spacial score (nSPS) is 11.0. The number of hydrogen-bond donors (Lipinski definition) is 0. The van der Waals surface area contributed by atoms with Crippen LogP contribution >= 0.6 is 0 Å². The first kappa shape index (κ1) is 19.6. The summed E-state index contributed by atoms with van der Waals surface area (Å²) in [6.07, 6.45) is 3.95. The molecule has 4 nitrogen and oxygen atoms in total. The van der Waals surface area contributed by atoms with Crippen molar-refractivity contribution in [3.8, 4) is 11.5 Å². The first-order valence-electron chi connectivity index (χ1n) is 6.38. The third-order valence-corrected chi connectivity index (χ3v) is 2.98. The molecular formula is C13H15BF3KN2O2. The van der Waals surface area contributed by atoms with Crippen molar-refractivity contribution in [1.29, 1.82) is 0 Å². The average molecular weight is 338 g/mol. The minimum Gasteiger partial charge on any atom is -0.497 e. The Morgan fingerprint density at radius 2 is 2.00 bits per heavy atom. The molecule has 22 heavy (non-hydrogen) atoms. The second kappa shape index (κ2) is 8.39. The summed E-state index contributed by atoms with van der Waals surface area (Å²) in [5.41, 5.74) is 0.130. The molecule has 0 atom stereocenters. The summed E-state index contributed by atoms with van der Waals surface area (Å²) < 4.78 is 50.8. The van der Waals surface area contributed by atoms with Gasteiger partial charge in [-0.15, -0.1) is 0 Å². The Morgan fingerprint density at radius 3 is 2.55 bits per heavy atom. The number of aryl methyl sites for hydroxylation is 1. The Kier molecular flexibility index (Phi) is 7.47. The van der Waals surface area contributed by atoms with E-state index in [0.29, 0.717) is 6.42 Å². The Hall–Kier alpha value is -0.479. The van der Waals surface area contributed by atoms with Gasteiger partial charge in [0.1, 0.15) is 5.75 Å². The van der Waals surface area contributed by atoms with E-state index < -0.39 is 12.4 Å². The van der Waals surface area contributed by atoms with E-state index in [1.165, 1.54) is 19.2 Å². The van der Waals surface area contributed by atoms with Crippen LogP contribution in [0.4, 0.5) is 12.9 Å². The van der Waals surface area contributed by atoms with Gasteiger partial charge in [0.15, 0.2) is 0 Å². The Labute approximate surface area is 169 Å². The zero-order chi connectivity index (χ0) is 15.5. The standard InChI is InChI=1S/C13H15BF3N2O2.K/c1-19-9-10(8-18-19)5-6-21-13-4-3-11(20-2)7-12(13)14(15,16)17;/h3-4,7-9H,5-6H2,1-2H3;/q-1;+1. The zero-order valence-electron chi connectivity index (χ0n) is 12.7. The molecule has 0 aliphatic heterocycles. The number of benzene rings is 1. The van der Waals surface area contributed by atoms with Crippen LogP contribution in [0.5, 0.6) is 11.5 Å². The maximum absolute atomic E-state index is 13.0. The van der Waals surface area contributed by atoms with Crippen LogP contribution in [0.15, 0.2) is 30.6 Å². The molecule has 114 valence electrons. The van der Waals surface area contributed by atoms with Gasteiger partial charge in [-0.05, 0) is 23.8 Å². The van der Waals surface area contributed by atoms with E-state index in [9.17, 15) is 12.9 Å². The van der Waals surface area contributed by atoms with Gasteiger partial charge < -0.3 is 22.4 Å². The summed E-state index contributed by atoms with van der Waals surface area (Å²) in [7, 11) is 3.10. The average Bonchev–Trinajstić information content (AvgIpc) is 2.83. The molecule has 0 saturated carbocycles. The van der Waals surface area contributed by atoms with Crippen molar-refractivity contribution < 1.29 is 73.8 Å². The molecule has 0 amide bonds. The third-order valence-electron chi connectivity index (χ3n) is 2.98. The van der Waals surface area contributed by atoms with Gasteiger partial charge in [0.05, 0.1) is 25.7 Å². The molecular weight excluding hydrogens is 323 g/mol. The van der Waals surface area contributed by atoms with Gasteiger partial charge in [-0.2, -0.15) is 5.10 Å². The molecule has 0 aliphatic carbocycles. The fourth-order valence-corrected chi connectivity index (χ4v) is 1.92. The molecule has 1 aromatic carbocycles. The van der Waals surface area contributed by atoms with Crippen LogP contribution in [-0.4, -0.2) is 30.5 Å². The summed E-state index contributed by atoms with van der Waals surface area (Å²) in [6.45, 7) is -5.01. The topological polar surface area (TPSA) is 36.3 Å². The van der Waals surface area contributed by atoms with Gasteiger partial charge in [-0.3, -0.25) is 4.68 Å². The molecule has 0 N–H and O–H groups in total. The van der Waals surface area contributed by atoms with E-state index in [-0.39, 0.29) is 69.5 Å². The molecule has 0 spiro atoms. The molecule has 9 heteroatoms. The van der Waals surface area contributed by atoms with Gasteiger partial charge in [0, 0.05) is 19.7 Å². The van der Waals surface area contributed by atoms with Crippen LogP contribution < -0.4 is 66.3 Å². The largest absolute Gasteiger partial charge is 1.00 e. The number of methoxy groups -OCH3 is 1. The third kappa shape index (κ3) is 5.31. The molecule has 2 rings (SSSR count). The summed E-state index contributed by atoms with van der Waals surface area (Å²) in [4.78, 5) is 0. The van der Waals surface area contributed by atoms with Gasteiger partial charge in [-0.1, -0.05) is 5.46 Å². The number of halogens is 3. The van der Waals surface area contributed by atoms with E-state index in [0.717, 1.165) is 11.6 Å². The number of aromatic nitrogens is 2. The van der Waals surface area contributed by atoms with Gasteiger partial charge in [0.25, 0.3) is 0 Å². The number of rotatable bonds is 6. The van der Waals surface area contributed by atoms with E-state index in [4.69, 9.17) is 9.47 Å². The van der Waals surface area contributed by atoms with E-state index in [2.05, 4.69) is 5.10 Å². The minimum atomic E-state index is -5.16. The molecule has 2 aromatic rings. The van der Waals surface area contributed by atoms with Crippen molar-refractivity contribution in [3.63, 3.8) is 0 Å². The van der Waals surface area contributed by atoms with Crippen molar-refractivity contribution >= 4 is 12.4 Å². The second-order valence-corrected chi connectivity index (χ2v) is 4.60. The molecule has 1 heterocycles. The van der Waals surface area contributed by atoms with Gasteiger partial charge in [0.2, 0.25) is 0 Å². The van der Waals surface area contributed by atoms with Crippen LogP contribution in [-0.2, 0) is 13.5 Å². The molecule has 0 unspecified atom stereocenters. The zero-order valence-corrected chi connectivity index (χ0v) is 15.8. The smallest absolute Gasteiger partial charge is 0.497 e. The van der Waals surface area contributed by atoms with Crippen molar-refractivity contribution in [2.75, 3.05) is 13.7 Å². The summed E-state index contributed by atoms with van der Waals surface area (Å²) >= 11 is 0. The fraction of sp³-hybridized carbons (Fsp3) is 0.308. The van der Waals surface area contributed by atoms with Crippen molar-refractivity contribution in [3.05, 3.63) is 36.2 Å². The van der Waals surface area contributed by atoms with Gasteiger partial charge >= 0.3 is 58.4 Å². The number of nitrogens with zero attached hydrogens (tertiary/aromatic N) is 2. The van der Waals surface area contributed by atoms with Crippen LogP contribution in [0.1, 0.15) is 5.56 Å². The van der Waals surface area contributed by atoms with Crippen molar-refractivity contribution in [1.82, 2.24) is 9.78 Å². The predicted octanol–water partition coefficient (Wildman–Crippen LogP) is -0.891. The van der Waals surface area contributed by atoms with Crippen molar-refractivity contribution in [2.24, 2.45) is 7.05 Å². The maximum Gasteiger partial charge on any atom is 1.00 e. The molecule has 0 bridgehead atoms. The van der Waals surface area contributed by atoms with Crippen LogP contribution in [0.3, 0.4) is 0 Å². The molecule has 0 fully saturated rings. The summed E-state index contributed by atoms with van der Waals surface area (Å²) in [5.74, 6) is -0.0176. The van der Waals surface area contributed by atoms with E-state index in [1.54, 1.807) is 24.1 Å². The first-order chi connectivity index (χ1) is 9.90. The summed E-state index contributed by atoms with van der Waals surface area (Å²) in [6, 6.07) is 3.69. The van der Waals surface area contributed by atoms with E-state index >= 15 is 0 Å². The SMILES string of the molecule is COc1ccc(OCCc2cnn(C)c2)c([B-](F)(F)F)c1.[K+]. The number of hydrogen-bond acceptors (Lipinski definition) is 3. The van der Waals surface area contributed by atoms with Crippen LogP contribution in [0.2, 0.25) is 0 Å². The molecule has 0 saturated heterocycles.